The lowest BCUT2D eigenvalue weighted by atomic mass is 10.4. The predicted molar refractivity (Wildman–Crippen MR) is 54.4 cm³/mol. The van der Waals surface area contributed by atoms with E-state index in [0.717, 1.165) is 0 Å². The van der Waals surface area contributed by atoms with E-state index >= 15 is 0 Å². The lowest BCUT2D eigenvalue weighted by molar-refractivity contribution is 0.0962. The molecule has 2 aromatic rings. The summed E-state index contributed by atoms with van der Waals surface area (Å²) in [6.07, 6.45) is 1.84. The minimum absolute atomic E-state index is 0.167. The number of amides is 1. The van der Waals surface area contributed by atoms with Crippen molar-refractivity contribution in [1.82, 2.24) is 9.72 Å². The Bertz CT molecular complexity index is 549. The van der Waals surface area contributed by atoms with Crippen molar-refractivity contribution in [1.29, 1.82) is 0 Å². The summed E-state index contributed by atoms with van der Waals surface area (Å²) in [5.41, 5.74) is 0.670. The van der Waals surface area contributed by atoms with Gasteiger partial charge in [-0.3, -0.25) is 4.79 Å². The monoisotopic (exact) mass is 223 g/mol. The average molecular weight is 223 g/mol. The van der Waals surface area contributed by atoms with E-state index in [4.69, 9.17) is 4.52 Å². The number of aromatic nitrogens is 2. The Balaban J connectivity index is 2.35. The van der Waals surface area contributed by atoms with Crippen LogP contribution in [0.2, 0.25) is 0 Å². The van der Waals surface area contributed by atoms with E-state index in [1.165, 1.54) is 11.3 Å². The van der Waals surface area contributed by atoms with Crippen molar-refractivity contribution in [3.8, 4) is 0 Å². The fraction of sp³-hybridized carbons (Fsp3) is 0.222. The van der Waals surface area contributed by atoms with Crippen LogP contribution in [0.15, 0.2) is 27.2 Å². The average Bonchev–Trinajstić information content (AvgIpc) is 2.77. The fourth-order valence-electron chi connectivity index (χ4n) is 1.04. The first kappa shape index (κ1) is 9.85. The molecule has 0 unspecified atom stereocenters. The zero-order valence-corrected chi connectivity index (χ0v) is 9.11. The van der Waals surface area contributed by atoms with Crippen LogP contribution in [0, 0.1) is 6.92 Å². The Kier molecular flexibility index (Phi) is 2.51. The fourth-order valence-corrected chi connectivity index (χ4v) is 1.77. The number of nitrogens with zero attached hydrogens (tertiary/aromatic N) is 3. The Morgan fingerprint density at radius 2 is 2.47 bits per heavy atom. The number of rotatable bonds is 1. The highest BCUT2D eigenvalue weighted by atomic mass is 32.1. The molecular weight excluding hydrogens is 214 g/mol. The van der Waals surface area contributed by atoms with Gasteiger partial charge in [-0.05, 0) is 6.92 Å². The van der Waals surface area contributed by atoms with E-state index in [2.05, 4.69) is 10.1 Å². The maximum Gasteiger partial charge on any atom is 0.318 e. The topological polar surface area (TPSA) is 60.4 Å². The molecule has 0 aliphatic carbocycles. The Morgan fingerprint density at radius 1 is 1.67 bits per heavy atom. The third-order valence-electron chi connectivity index (χ3n) is 1.80. The van der Waals surface area contributed by atoms with Crippen molar-refractivity contribution in [2.24, 2.45) is 12.0 Å². The maximum absolute atomic E-state index is 11.6. The summed E-state index contributed by atoms with van der Waals surface area (Å²) >= 11 is 1.39. The number of hydrogen-bond acceptors (Lipinski definition) is 4. The first-order valence-corrected chi connectivity index (χ1v) is 5.17. The zero-order valence-electron chi connectivity index (χ0n) is 8.30. The molecule has 2 heterocycles. The van der Waals surface area contributed by atoms with Crippen molar-refractivity contribution in [2.75, 3.05) is 0 Å². The van der Waals surface area contributed by atoms with Crippen molar-refractivity contribution in [3.05, 3.63) is 33.9 Å². The van der Waals surface area contributed by atoms with Gasteiger partial charge in [0, 0.05) is 24.7 Å². The van der Waals surface area contributed by atoms with Crippen LogP contribution in [0.1, 0.15) is 16.2 Å². The number of hydrogen-bond donors (Lipinski definition) is 0. The van der Waals surface area contributed by atoms with Gasteiger partial charge in [0.05, 0.1) is 5.69 Å². The molecule has 0 aliphatic heterocycles. The first-order chi connectivity index (χ1) is 7.16. The molecule has 1 amide bonds. The lowest BCUT2D eigenvalue weighted by Crippen LogP contribution is -2.12. The molecule has 0 aromatic carbocycles. The van der Waals surface area contributed by atoms with Gasteiger partial charge in [-0.15, -0.1) is 11.3 Å². The van der Waals surface area contributed by atoms with Crippen molar-refractivity contribution < 1.29 is 9.32 Å². The molecule has 0 saturated carbocycles. The minimum Gasteiger partial charge on any atom is -0.351 e. The summed E-state index contributed by atoms with van der Waals surface area (Å²) in [5.74, 6) is -0.241. The molecule has 5 nitrogen and oxygen atoms in total. The van der Waals surface area contributed by atoms with Crippen molar-refractivity contribution >= 4 is 17.2 Å². The molecular formula is C9H9N3O2S. The highest BCUT2D eigenvalue weighted by Crippen LogP contribution is 2.03. The van der Waals surface area contributed by atoms with E-state index in [0.29, 0.717) is 10.5 Å². The number of thiazole rings is 1. The van der Waals surface area contributed by atoms with E-state index in [9.17, 15) is 4.79 Å². The summed E-state index contributed by atoms with van der Waals surface area (Å²) in [6, 6.07) is 1.57. The second-order valence-electron chi connectivity index (χ2n) is 3.05. The molecule has 0 fully saturated rings. The van der Waals surface area contributed by atoms with Gasteiger partial charge in [-0.2, -0.15) is 4.99 Å². The van der Waals surface area contributed by atoms with Gasteiger partial charge in [-0.1, -0.05) is 5.16 Å². The largest absolute Gasteiger partial charge is 0.351 e. The molecule has 0 N–H and O–H groups in total. The van der Waals surface area contributed by atoms with E-state index in [-0.39, 0.29) is 5.76 Å². The second-order valence-corrected chi connectivity index (χ2v) is 3.92. The number of carbonyl (C=O) groups excluding carboxylic acids is 1. The summed E-state index contributed by atoms with van der Waals surface area (Å²) in [6.45, 7) is 1.76. The second kappa shape index (κ2) is 3.82. The lowest BCUT2D eigenvalue weighted by Gasteiger charge is -1.88. The van der Waals surface area contributed by atoms with Crippen LogP contribution < -0.4 is 4.80 Å². The summed E-state index contributed by atoms with van der Waals surface area (Å²) in [7, 11) is 1.83. The van der Waals surface area contributed by atoms with Gasteiger partial charge in [0.25, 0.3) is 0 Å². The quantitative estimate of drug-likeness (QED) is 0.728. The molecule has 15 heavy (non-hydrogen) atoms. The molecule has 6 heteroatoms. The zero-order chi connectivity index (χ0) is 10.8. The molecule has 78 valence electrons. The highest BCUT2D eigenvalue weighted by molar-refractivity contribution is 7.07. The third-order valence-corrected chi connectivity index (χ3v) is 2.64. The van der Waals surface area contributed by atoms with E-state index in [1.54, 1.807) is 17.6 Å². The van der Waals surface area contributed by atoms with Crippen LogP contribution >= 0.6 is 11.3 Å². The predicted octanol–water partition coefficient (Wildman–Crippen LogP) is 1.12. The molecule has 0 atom stereocenters. The van der Waals surface area contributed by atoms with Crippen molar-refractivity contribution in [3.63, 3.8) is 0 Å². The van der Waals surface area contributed by atoms with Crippen LogP contribution in [-0.4, -0.2) is 15.6 Å². The molecule has 0 spiro atoms. The summed E-state index contributed by atoms with van der Waals surface area (Å²) in [4.78, 5) is 16.1. The summed E-state index contributed by atoms with van der Waals surface area (Å²) in [5, 5.41) is 5.49. The smallest absolute Gasteiger partial charge is 0.318 e. The highest BCUT2D eigenvalue weighted by Gasteiger charge is 2.10. The van der Waals surface area contributed by atoms with Gasteiger partial charge in [0.2, 0.25) is 5.76 Å². The van der Waals surface area contributed by atoms with Gasteiger partial charge < -0.3 is 9.09 Å². The van der Waals surface area contributed by atoms with Crippen LogP contribution in [0.4, 0.5) is 0 Å². The molecule has 0 bridgehead atoms. The van der Waals surface area contributed by atoms with Gasteiger partial charge in [0.15, 0.2) is 4.80 Å². The van der Waals surface area contributed by atoms with Crippen molar-refractivity contribution in [2.45, 2.75) is 6.92 Å². The van der Waals surface area contributed by atoms with Crippen LogP contribution in [0.5, 0.6) is 0 Å². The van der Waals surface area contributed by atoms with Gasteiger partial charge in [-0.25, -0.2) is 0 Å². The number of aryl methyl sites for hydroxylation is 2. The first-order valence-electron chi connectivity index (χ1n) is 4.29. The minimum atomic E-state index is -0.409. The SMILES string of the molecule is Cc1cc(C(=O)N=c2sccn2C)on1. The van der Waals surface area contributed by atoms with Crippen LogP contribution in [-0.2, 0) is 7.05 Å². The van der Waals surface area contributed by atoms with Crippen LogP contribution in [0.25, 0.3) is 0 Å². The third kappa shape index (κ3) is 2.04. The molecule has 0 radical (unpaired) electrons. The molecule has 2 rings (SSSR count). The van der Waals surface area contributed by atoms with Gasteiger partial charge >= 0.3 is 5.91 Å². The molecule has 2 aromatic heterocycles. The van der Waals surface area contributed by atoms with E-state index < -0.39 is 5.91 Å². The maximum atomic E-state index is 11.6. The van der Waals surface area contributed by atoms with Gasteiger partial charge in [0.1, 0.15) is 0 Å². The Morgan fingerprint density at radius 3 is 3.00 bits per heavy atom. The Labute approximate surface area is 89.7 Å². The molecule has 0 saturated heterocycles. The summed E-state index contributed by atoms with van der Waals surface area (Å²) < 4.78 is 6.59. The Hall–Kier alpha value is -1.69. The molecule has 0 aliphatic rings. The van der Waals surface area contributed by atoms with E-state index in [1.807, 2.05) is 18.6 Å². The van der Waals surface area contributed by atoms with Crippen LogP contribution in [0.3, 0.4) is 0 Å². The normalized spacial score (nSPS) is 12.0. The number of carbonyl (C=O) groups is 1. The standard InChI is InChI=1S/C9H9N3O2S/c1-6-5-7(14-11-6)8(13)10-9-12(2)3-4-15-9/h3-5H,1-2H3.